The summed E-state index contributed by atoms with van der Waals surface area (Å²) < 4.78 is 10.8. The zero-order valence-corrected chi connectivity index (χ0v) is 11.9. The normalized spacial score (nSPS) is 11.8. The Morgan fingerprint density at radius 3 is 2.79 bits per heavy atom. The molecular formula is C13H16ClN3O2. The molecule has 0 amide bonds. The predicted molar refractivity (Wildman–Crippen MR) is 73.8 cm³/mol. The summed E-state index contributed by atoms with van der Waals surface area (Å²) in [6, 6.07) is 5.13. The quantitative estimate of drug-likeness (QED) is 0.871. The number of ether oxygens (including phenoxy) is 1. The van der Waals surface area contributed by atoms with E-state index in [1.807, 2.05) is 20.8 Å². The van der Waals surface area contributed by atoms with Crippen molar-refractivity contribution < 1.29 is 9.26 Å². The molecule has 1 aromatic carbocycles. The Morgan fingerprint density at radius 2 is 2.16 bits per heavy atom. The van der Waals surface area contributed by atoms with E-state index in [4.69, 9.17) is 26.6 Å². The number of anilines is 1. The summed E-state index contributed by atoms with van der Waals surface area (Å²) in [7, 11) is 0. The van der Waals surface area contributed by atoms with Crippen LogP contribution in [0.5, 0.6) is 0 Å². The molecule has 0 saturated heterocycles. The minimum Gasteiger partial charge on any atom is -0.398 e. The van der Waals surface area contributed by atoms with Crippen LogP contribution in [0.25, 0.3) is 11.5 Å². The van der Waals surface area contributed by atoms with E-state index < -0.39 is 5.60 Å². The second-order valence-electron chi connectivity index (χ2n) is 4.60. The summed E-state index contributed by atoms with van der Waals surface area (Å²) in [6.07, 6.45) is 0. The topological polar surface area (TPSA) is 74.2 Å². The van der Waals surface area contributed by atoms with Gasteiger partial charge in [0, 0.05) is 17.3 Å². The lowest BCUT2D eigenvalue weighted by Crippen LogP contribution is -2.23. The van der Waals surface area contributed by atoms with Crippen molar-refractivity contribution in [1.29, 1.82) is 0 Å². The van der Waals surface area contributed by atoms with Crippen LogP contribution in [0.15, 0.2) is 22.7 Å². The molecule has 0 aliphatic carbocycles. The van der Waals surface area contributed by atoms with Crippen molar-refractivity contribution >= 4 is 17.3 Å². The minimum absolute atomic E-state index is 0.358. The maximum absolute atomic E-state index is 5.89. The molecule has 0 aliphatic rings. The third-order valence-corrected chi connectivity index (χ3v) is 2.95. The van der Waals surface area contributed by atoms with Gasteiger partial charge < -0.3 is 15.0 Å². The van der Waals surface area contributed by atoms with Crippen LogP contribution < -0.4 is 5.73 Å². The number of halogens is 1. The maximum Gasteiger partial charge on any atom is 0.260 e. The standard InChI is InChI=1S/C13H16ClN3O2/c1-4-18-13(2,3)12-16-11(19-17-12)9-6-5-8(14)7-10(9)15/h5-7H,4,15H2,1-3H3. The first-order chi connectivity index (χ1) is 8.94. The molecule has 2 N–H and O–H groups in total. The molecule has 0 aliphatic heterocycles. The molecule has 0 spiro atoms. The number of nitrogens with zero attached hydrogens (tertiary/aromatic N) is 2. The van der Waals surface area contributed by atoms with Gasteiger partial charge in [-0.1, -0.05) is 16.8 Å². The third-order valence-electron chi connectivity index (χ3n) is 2.71. The molecule has 0 unspecified atom stereocenters. The largest absolute Gasteiger partial charge is 0.398 e. The SMILES string of the molecule is CCOC(C)(C)c1noc(-c2ccc(Cl)cc2N)n1. The zero-order chi connectivity index (χ0) is 14.0. The number of nitrogens with two attached hydrogens (primary N) is 1. The molecule has 2 rings (SSSR count). The number of hydrogen-bond acceptors (Lipinski definition) is 5. The summed E-state index contributed by atoms with van der Waals surface area (Å²) in [6.45, 7) is 6.26. The first kappa shape index (κ1) is 13.8. The van der Waals surface area contributed by atoms with E-state index in [9.17, 15) is 0 Å². The van der Waals surface area contributed by atoms with E-state index >= 15 is 0 Å². The highest BCUT2D eigenvalue weighted by Gasteiger charge is 2.27. The van der Waals surface area contributed by atoms with Gasteiger partial charge in [0.25, 0.3) is 5.89 Å². The monoisotopic (exact) mass is 281 g/mol. The van der Waals surface area contributed by atoms with E-state index in [0.29, 0.717) is 34.6 Å². The highest BCUT2D eigenvalue weighted by Crippen LogP contribution is 2.29. The Bertz CT molecular complexity index is 581. The molecule has 0 atom stereocenters. The van der Waals surface area contributed by atoms with Crippen molar-refractivity contribution in [1.82, 2.24) is 10.1 Å². The number of rotatable bonds is 4. The van der Waals surface area contributed by atoms with Gasteiger partial charge in [-0.15, -0.1) is 0 Å². The van der Waals surface area contributed by atoms with Crippen LogP contribution in [0.4, 0.5) is 5.69 Å². The maximum atomic E-state index is 5.89. The van der Waals surface area contributed by atoms with Crippen molar-refractivity contribution in [3.05, 3.63) is 29.0 Å². The van der Waals surface area contributed by atoms with Crippen LogP contribution >= 0.6 is 11.6 Å². The Morgan fingerprint density at radius 1 is 1.42 bits per heavy atom. The van der Waals surface area contributed by atoms with Crippen LogP contribution in [-0.2, 0) is 10.3 Å². The van der Waals surface area contributed by atoms with E-state index in [1.54, 1.807) is 18.2 Å². The summed E-state index contributed by atoms with van der Waals surface area (Å²) >= 11 is 5.86. The average molecular weight is 282 g/mol. The van der Waals surface area contributed by atoms with Crippen LogP contribution in [0.3, 0.4) is 0 Å². The lowest BCUT2D eigenvalue weighted by atomic mass is 10.1. The minimum atomic E-state index is -0.600. The predicted octanol–water partition coefficient (Wildman–Crippen LogP) is 3.24. The molecule has 0 saturated carbocycles. The Kier molecular flexibility index (Phi) is 3.78. The Hall–Kier alpha value is -1.59. The molecule has 19 heavy (non-hydrogen) atoms. The van der Waals surface area contributed by atoms with Gasteiger partial charge in [0.2, 0.25) is 5.82 Å². The molecule has 5 nitrogen and oxygen atoms in total. The first-order valence-corrected chi connectivity index (χ1v) is 6.35. The van der Waals surface area contributed by atoms with Gasteiger partial charge >= 0.3 is 0 Å². The van der Waals surface area contributed by atoms with Crippen molar-refractivity contribution in [2.24, 2.45) is 0 Å². The van der Waals surface area contributed by atoms with Crippen LogP contribution in [0.1, 0.15) is 26.6 Å². The van der Waals surface area contributed by atoms with Crippen molar-refractivity contribution in [2.75, 3.05) is 12.3 Å². The average Bonchev–Trinajstić information content (AvgIpc) is 2.78. The second kappa shape index (κ2) is 5.19. The number of aromatic nitrogens is 2. The molecule has 102 valence electrons. The van der Waals surface area contributed by atoms with E-state index in [0.717, 1.165) is 0 Å². The zero-order valence-electron chi connectivity index (χ0n) is 11.1. The second-order valence-corrected chi connectivity index (χ2v) is 5.03. The van der Waals surface area contributed by atoms with Gasteiger partial charge in [-0.25, -0.2) is 0 Å². The van der Waals surface area contributed by atoms with Crippen LogP contribution in [-0.4, -0.2) is 16.7 Å². The van der Waals surface area contributed by atoms with Crippen molar-refractivity contribution in [2.45, 2.75) is 26.4 Å². The molecule has 2 aromatic rings. The van der Waals surface area contributed by atoms with E-state index in [1.165, 1.54) is 0 Å². The summed E-state index contributed by atoms with van der Waals surface area (Å²) in [5.41, 5.74) is 6.45. The lowest BCUT2D eigenvalue weighted by Gasteiger charge is -2.19. The molecule has 0 radical (unpaired) electrons. The fraction of sp³-hybridized carbons (Fsp3) is 0.385. The number of hydrogen-bond donors (Lipinski definition) is 1. The molecule has 6 heteroatoms. The smallest absolute Gasteiger partial charge is 0.260 e. The Balaban J connectivity index is 2.35. The van der Waals surface area contributed by atoms with Gasteiger partial charge in [0.05, 0.1) is 5.56 Å². The van der Waals surface area contributed by atoms with Crippen LogP contribution in [0, 0.1) is 0 Å². The fourth-order valence-electron chi connectivity index (χ4n) is 1.73. The highest BCUT2D eigenvalue weighted by molar-refractivity contribution is 6.31. The van der Waals surface area contributed by atoms with Gasteiger partial charge in [-0.3, -0.25) is 0 Å². The van der Waals surface area contributed by atoms with Crippen LogP contribution in [0.2, 0.25) is 5.02 Å². The highest BCUT2D eigenvalue weighted by atomic mass is 35.5. The van der Waals surface area contributed by atoms with Crippen molar-refractivity contribution in [3.8, 4) is 11.5 Å². The van der Waals surface area contributed by atoms with E-state index in [-0.39, 0.29) is 0 Å². The van der Waals surface area contributed by atoms with Gasteiger partial charge in [0.15, 0.2) is 0 Å². The lowest BCUT2D eigenvalue weighted by molar-refractivity contribution is -0.0221. The van der Waals surface area contributed by atoms with Gasteiger partial charge in [-0.2, -0.15) is 4.98 Å². The summed E-state index contributed by atoms with van der Waals surface area (Å²) in [5, 5.41) is 4.51. The molecule has 0 fully saturated rings. The molecular weight excluding hydrogens is 266 g/mol. The summed E-state index contributed by atoms with van der Waals surface area (Å²) in [4.78, 5) is 4.34. The molecule has 0 bridgehead atoms. The number of benzene rings is 1. The van der Waals surface area contributed by atoms with Gasteiger partial charge in [0.1, 0.15) is 5.60 Å². The fourth-order valence-corrected chi connectivity index (χ4v) is 1.91. The molecule has 1 heterocycles. The molecule has 1 aromatic heterocycles. The van der Waals surface area contributed by atoms with Crippen molar-refractivity contribution in [3.63, 3.8) is 0 Å². The van der Waals surface area contributed by atoms with E-state index in [2.05, 4.69) is 10.1 Å². The summed E-state index contributed by atoms with van der Waals surface area (Å²) in [5.74, 6) is 0.843. The Labute approximate surface area is 116 Å². The van der Waals surface area contributed by atoms with Gasteiger partial charge in [-0.05, 0) is 39.0 Å². The third kappa shape index (κ3) is 2.88. The number of nitrogen functional groups attached to an aromatic ring is 1. The first-order valence-electron chi connectivity index (χ1n) is 5.97.